The molecule has 0 radical (unpaired) electrons. The lowest BCUT2D eigenvalue weighted by molar-refractivity contribution is -0.132. The molecule has 1 heterocycles. The number of rotatable bonds is 6. The van der Waals surface area contributed by atoms with Crippen molar-refractivity contribution >= 4 is 11.8 Å². The molecule has 1 aromatic carbocycles. The molecule has 0 bridgehead atoms. The lowest BCUT2D eigenvalue weighted by Crippen LogP contribution is -2.47. The van der Waals surface area contributed by atoms with E-state index in [0.29, 0.717) is 6.42 Å². The number of hydrogen-bond donors (Lipinski definition) is 1. The first-order valence-corrected chi connectivity index (χ1v) is 9.31. The van der Waals surface area contributed by atoms with Gasteiger partial charge in [-0.05, 0) is 49.7 Å². The summed E-state index contributed by atoms with van der Waals surface area (Å²) in [6.07, 6.45) is 6.28. The van der Waals surface area contributed by atoms with Crippen LogP contribution in [-0.4, -0.2) is 35.8 Å². The number of likely N-dealkylation sites (tertiary alicyclic amines) is 1. The summed E-state index contributed by atoms with van der Waals surface area (Å²) < 4.78 is 0. The summed E-state index contributed by atoms with van der Waals surface area (Å²) in [4.78, 5) is 26.1. The van der Waals surface area contributed by atoms with E-state index < -0.39 is 0 Å². The Labute approximate surface area is 144 Å². The van der Waals surface area contributed by atoms with Gasteiger partial charge in [0.2, 0.25) is 11.8 Å². The molecule has 3 rings (SSSR count). The Balaban J connectivity index is 1.38. The van der Waals surface area contributed by atoms with E-state index in [2.05, 4.69) is 36.5 Å². The molecule has 1 saturated heterocycles. The van der Waals surface area contributed by atoms with Crippen molar-refractivity contribution in [2.75, 3.05) is 13.1 Å². The van der Waals surface area contributed by atoms with Crippen LogP contribution in [-0.2, 0) is 22.4 Å². The maximum Gasteiger partial charge on any atom is 0.223 e. The topological polar surface area (TPSA) is 49.4 Å². The number of aryl methyl sites for hydroxylation is 2. The van der Waals surface area contributed by atoms with E-state index >= 15 is 0 Å². The molecule has 4 nitrogen and oxygen atoms in total. The third-order valence-electron chi connectivity index (χ3n) is 5.20. The van der Waals surface area contributed by atoms with Gasteiger partial charge in [0.1, 0.15) is 0 Å². The van der Waals surface area contributed by atoms with E-state index in [-0.39, 0.29) is 23.8 Å². The van der Waals surface area contributed by atoms with Crippen molar-refractivity contribution in [1.82, 2.24) is 10.2 Å². The van der Waals surface area contributed by atoms with E-state index in [4.69, 9.17) is 0 Å². The van der Waals surface area contributed by atoms with Gasteiger partial charge in [0.25, 0.3) is 0 Å². The maximum atomic E-state index is 12.4. The van der Waals surface area contributed by atoms with Crippen LogP contribution >= 0.6 is 0 Å². The van der Waals surface area contributed by atoms with Crippen LogP contribution in [0.25, 0.3) is 0 Å². The molecule has 130 valence electrons. The third-order valence-corrected chi connectivity index (χ3v) is 5.20. The number of nitrogens with zero attached hydrogens (tertiary/aromatic N) is 1. The summed E-state index contributed by atoms with van der Waals surface area (Å²) >= 11 is 0. The second-order valence-corrected chi connectivity index (χ2v) is 7.11. The Morgan fingerprint density at radius 2 is 1.67 bits per heavy atom. The van der Waals surface area contributed by atoms with E-state index in [1.165, 1.54) is 11.1 Å². The smallest absolute Gasteiger partial charge is 0.223 e. The zero-order valence-corrected chi connectivity index (χ0v) is 14.6. The van der Waals surface area contributed by atoms with Crippen molar-refractivity contribution in [2.24, 2.45) is 5.92 Å². The minimum Gasteiger partial charge on any atom is -0.353 e. The molecule has 2 fully saturated rings. The van der Waals surface area contributed by atoms with Crippen LogP contribution in [0.15, 0.2) is 24.3 Å². The fraction of sp³-hybridized carbons (Fsp3) is 0.600. The van der Waals surface area contributed by atoms with Gasteiger partial charge in [0.05, 0.1) is 0 Å². The van der Waals surface area contributed by atoms with Gasteiger partial charge in [-0.2, -0.15) is 0 Å². The predicted octanol–water partition coefficient (Wildman–Crippen LogP) is 2.70. The highest BCUT2D eigenvalue weighted by molar-refractivity contribution is 5.81. The van der Waals surface area contributed by atoms with E-state index in [1.807, 2.05) is 4.90 Å². The van der Waals surface area contributed by atoms with Crippen LogP contribution in [0.2, 0.25) is 0 Å². The standard InChI is InChI=1S/C20H28N2O2/c1-2-15-3-5-16(6-4-15)7-10-19(23)22-13-11-18(12-14-22)21-20(24)17-8-9-17/h3-6,17-18H,2,7-14H2,1H3,(H,21,24). The predicted molar refractivity (Wildman–Crippen MR) is 94.6 cm³/mol. The molecule has 0 spiro atoms. The Morgan fingerprint density at radius 1 is 1.04 bits per heavy atom. The number of carbonyl (C=O) groups is 2. The molecular formula is C20H28N2O2. The largest absolute Gasteiger partial charge is 0.353 e. The molecule has 0 aromatic heterocycles. The lowest BCUT2D eigenvalue weighted by atomic mass is 10.0. The highest BCUT2D eigenvalue weighted by Crippen LogP contribution is 2.29. The number of hydrogen-bond acceptors (Lipinski definition) is 2. The highest BCUT2D eigenvalue weighted by Gasteiger charge is 2.32. The van der Waals surface area contributed by atoms with E-state index in [1.54, 1.807) is 0 Å². The molecule has 4 heteroatoms. The summed E-state index contributed by atoms with van der Waals surface area (Å²) in [5.41, 5.74) is 2.56. The monoisotopic (exact) mass is 328 g/mol. The zero-order valence-electron chi connectivity index (χ0n) is 14.6. The van der Waals surface area contributed by atoms with Gasteiger partial charge in [0.15, 0.2) is 0 Å². The quantitative estimate of drug-likeness (QED) is 0.873. The average molecular weight is 328 g/mol. The number of carbonyl (C=O) groups excluding carboxylic acids is 2. The molecule has 0 atom stereocenters. The first kappa shape index (κ1) is 17.0. The van der Waals surface area contributed by atoms with Crippen molar-refractivity contribution in [1.29, 1.82) is 0 Å². The molecular weight excluding hydrogens is 300 g/mol. The first-order chi connectivity index (χ1) is 11.7. The molecule has 0 unspecified atom stereocenters. The van der Waals surface area contributed by atoms with Crippen molar-refractivity contribution in [2.45, 2.75) is 57.9 Å². The van der Waals surface area contributed by atoms with E-state index in [0.717, 1.165) is 51.6 Å². The van der Waals surface area contributed by atoms with Gasteiger partial charge in [-0.25, -0.2) is 0 Å². The molecule has 1 saturated carbocycles. The number of nitrogens with one attached hydrogen (secondary N) is 1. The van der Waals surface area contributed by atoms with Gasteiger partial charge in [-0.3, -0.25) is 9.59 Å². The summed E-state index contributed by atoms with van der Waals surface area (Å²) in [6.45, 7) is 3.68. The molecule has 2 aliphatic rings. The van der Waals surface area contributed by atoms with Crippen LogP contribution in [0.5, 0.6) is 0 Å². The van der Waals surface area contributed by atoms with Crippen LogP contribution in [0.4, 0.5) is 0 Å². The lowest BCUT2D eigenvalue weighted by Gasteiger charge is -2.32. The molecule has 1 aliphatic carbocycles. The number of amides is 2. The van der Waals surface area contributed by atoms with Gasteiger partial charge in [0, 0.05) is 31.5 Å². The molecule has 1 aromatic rings. The second-order valence-electron chi connectivity index (χ2n) is 7.11. The second kappa shape index (κ2) is 7.82. The Hall–Kier alpha value is -1.84. The number of piperidine rings is 1. The van der Waals surface area contributed by atoms with Crippen molar-refractivity contribution in [3.05, 3.63) is 35.4 Å². The summed E-state index contributed by atoms with van der Waals surface area (Å²) in [5.74, 6) is 0.723. The molecule has 1 aliphatic heterocycles. The molecule has 24 heavy (non-hydrogen) atoms. The van der Waals surface area contributed by atoms with Crippen molar-refractivity contribution in [3.63, 3.8) is 0 Å². The van der Waals surface area contributed by atoms with Crippen LogP contribution in [0, 0.1) is 5.92 Å². The van der Waals surface area contributed by atoms with Crippen molar-refractivity contribution in [3.8, 4) is 0 Å². The summed E-state index contributed by atoms with van der Waals surface area (Å²) in [7, 11) is 0. The van der Waals surface area contributed by atoms with Gasteiger partial charge >= 0.3 is 0 Å². The van der Waals surface area contributed by atoms with Gasteiger partial charge < -0.3 is 10.2 Å². The maximum absolute atomic E-state index is 12.4. The first-order valence-electron chi connectivity index (χ1n) is 9.31. The van der Waals surface area contributed by atoms with Crippen LogP contribution in [0.3, 0.4) is 0 Å². The highest BCUT2D eigenvalue weighted by atomic mass is 16.2. The normalized spacial score (nSPS) is 18.5. The Kier molecular flexibility index (Phi) is 5.54. The van der Waals surface area contributed by atoms with Crippen molar-refractivity contribution < 1.29 is 9.59 Å². The average Bonchev–Trinajstić information content (AvgIpc) is 3.46. The SMILES string of the molecule is CCc1ccc(CCC(=O)N2CCC(NC(=O)C3CC3)CC2)cc1. The molecule has 2 amide bonds. The van der Waals surface area contributed by atoms with Crippen LogP contribution < -0.4 is 5.32 Å². The van der Waals surface area contributed by atoms with E-state index in [9.17, 15) is 9.59 Å². The Morgan fingerprint density at radius 3 is 2.25 bits per heavy atom. The number of benzene rings is 1. The zero-order chi connectivity index (χ0) is 16.9. The fourth-order valence-corrected chi connectivity index (χ4v) is 3.29. The third kappa shape index (κ3) is 4.59. The molecule has 1 N–H and O–H groups in total. The van der Waals surface area contributed by atoms with Crippen LogP contribution in [0.1, 0.15) is 50.2 Å². The fourth-order valence-electron chi connectivity index (χ4n) is 3.29. The Bertz CT molecular complexity index is 570. The minimum atomic E-state index is 0.218. The summed E-state index contributed by atoms with van der Waals surface area (Å²) in [5, 5.41) is 3.13. The van der Waals surface area contributed by atoms with Gasteiger partial charge in [-0.1, -0.05) is 31.2 Å². The summed E-state index contributed by atoms with van der Waals surface area (Å²) in [6, 6.07) is 8.81. The minimum absolute atomic E-state index is 0.218. The van der Waals surface area contributed by atoms with Gasteiger partial charge in [-0.15, -0.1) is 0 Å².